The third kappa shape index (κ3) is 3.55. The highest BCUT2D eigenvalue weighted by molar-refractivity contribution is 5.84. The number of carbonyl (C=O) groups is 1. The third-order valence-electron chi connectivity index (χ3n) is 0.998. The van der Waals surface area contributed by atoms with E-state index in [1.807, 2.05) is 0 Å². The number of rotatable bonds is 4. The lowest BCUT2D eigenvalue weighted by Crippen LogP contribution is -2.31. The summed E-state index contributed by atoms with van der Waals surface area (Å²) in [6.07, 6.45) is 0.138. The first-order valence-electron chi connectivity index (χ1n) is 3.15. The quantitative estimate of drug-likeness (QED) is 0.568. The van der Waals surface area contributed by atoms with Crippen LogP contribution < -0.4 is 5.32 Å². The van der Waals surface area contributed by atoms with E-state index in [4.69, 9.17) is 4.74 Å². The fourth-order valence-electron chi connectivity index (χ4n) is 0.541. The Morgan fingerprint density at radius 3 is 2.91 bits per heavy atom. The summed E-state index contributed by atoms with van der Waals surface area (Å²) in [4.78, 5) is 20.6. The summed E-state index contributed by atoms with van der Waals surface area (Å²) in [6, 6.07) is 0. The number of hydrogen-bond donors (Lipinski definition) is 1. The van der Waals surface area contributed by atoms with Crippen molar-refractivity contribution in [2.45, 2.75) is 13.0 Å². The summed E-state index contributed by atoms with van der Waals surface area (Å²) in [6.45, 7) is 2.08. The molecule has 4 nitrogen and oxygen atoms in total. The van der Waals surface area contributed by atoms with Gasteiger partial charge in [-0.25, -0.2) is 4.79 Å². The van der Waals surface area contributed by atoms with Crippen LogP contribution in [-0.4, -0.2) is 24.6 Å². The molecule has 0 spiro atoms. The molecule has 0 heterocycles. The zero-order valence-corrected chi connectivity index (χ0v) is 6.29. The van der Waals surface area contributed by atoms with Crippen LogP contribution in [0, 0.1) is 7.05 Å². The van der Waals surface area contributed by atoms with Crippen molar-refractivity contribution in [2.24, 2.45) is 0 Å². The van der Waals surface area contributed by atoms with Crippen LogP contribution in [0.25, 0.3) is 0 Å². The van der Waals surface area contributed by atoms with Crippen molar-refractivity contribution in [1.82, 2.24) is 5.32 Å². The van der Waals surface area contributed by atoms with Crippen LogP contribution in [0.4, 0.5) is 0 Å². The van der Waals surface area contributed by atoms with Gasteiger partial charge in [-0.15, -0.1) is 0 Å². The molecule has 1 unspecified atom stereocenters. The Hall–Kier alpha value is -1.12. The Kier molecular flexibility index (Phi) is 5.07. The van der Waals surface area contributed by atoms with Crippen LogP contribution >= 0.6 is 0 Å². The average molecular weight is 156 g/mol. The largest absolute Gasteiger partial charge is 0.364 e. The molecule has 4 heteroatoms. The molecule has 11 heavy (non-hydrogen) atoms. The molecule has 0 aliphatic heterocycles. The maximum atomic E-state index is 10.8. The molecular formula is C7H10NO3. The minimum Gasteiger partial charge on any atom is -0.364 e. The SMILES string of the molecule is [CH2]NC(=O)C(C=C=O)OCC. The minimum atomic E-state index is -0.866. The Labute approximate surface area is 65.2 Å². The summed E-state index contributed by atoms with van der Waals surface area (Å²) in [5.74, 6) is 1.03. The molecule has 1 radical (unpaired) electrons. The minimum absolute atomic E-state index is 0.357. The number of hydrogen-bond acceptors (Lipinski definition) is 3. The molecule has 1 atom stereocenters. The molecule has 0 bridgehead atoms. The van der Waals surface area contributed by atoms with Gasteiger partial charge in [0.25, 0.3) is 5.91 Å². The van der Waals surface area contributed by atoms with Crippen molar-refractivity contribution in [1.29, 1.82) is 0 Å². The highest BCUT2D eigenvalue weighted by Gasteiger charge is 2.12. The monoisotopic (exact) mass is 156 g/mol. The summed E-state index contributed by atoms with van der Waals surface area (Å²) < 4.78 is 4.86. The maximum absolute atomic E-state index is 10.8. The Bertz CT molecular complexity index is 173. The van der Waals surface area contributed by atoms with Gasteiger partial charge in [0.05, 0.1) is 0 Å². The van der Waals surface area contributed by atoms with Crippen LogP contribution in [0.15, 0.2) is 6.08 Å². The van der Waals surface area contributed by atoms with Gasteiger partial charge in [0.15, 0.2) is 6.10 Å². The van der Waals surface area contributed by atoms with Gasteiger partial charge in [0.2, 0.25) is 0 Å². The van der Waals surface area contributed by atoms with Crippen LogP contribution in [0.1, 0.15) is 6.92 Å². The lowest BCUT2D eigenvalue weighted by molar-refractivity contribution is -0.128. The van der Waals surface area contributed by atoms with Gasteiger partial charge in [-0.05, 0) is 6.92 Å². The van der Waals surface area contributed by atoms with Crippen molar-refractivity contribution in [3.8, 4) is 0 Å². The Morgan fingerprint density at radius 1 is 1.91 bits per heavy atom. The molecule has 0 aliphatic carbocycles. The van der Waals surface area contributed by atoms with Crippen LogP contribution in [0.2, 0.25) is 0 Å². The second-order valence-electron chi connectivity index (χ2n) is 1.70. The normalized spacial score (nSPS) is 11.5. The van der Waals surface area contributed by atoms with E-state index in [1.54, 1.807) is 6.92 Å². The van der Waals surface area contributed by atoms with Gasteiger partial charge >= 0.3 is 0 Å². The van der Waals surface area contributed by atoms with Gasteiger partial charge < -0.3 is 10.1 Å². The lowest BCUT2D eigenvalue weighted by atomic mass is 10.3. The van der Waals surface area contributed by atoms with Gasteiger partial charge in [-0.1, -0.05) is 0 Å². The molecule has 0 aromatic heterocycles. The average Bonchev–Trinajstić information content (AvgIpc) is 2.03. The highest BCUT2D eigenvalue weighted by Crippen LogP contribution is 1.91. The number of nitrogens with one attached hydrogen (secondary N) is 1. The fraction of sp³-hybridized carbons (Fsp3) is 0.429. The Morgan fingerprint density at radius 2 is 2.55 bits per heavy atom. The van der Waals surface area contributed by atoms with Crippen molar-refractivity contribution in [3.05, 3.63) is 13.1 Å². The first kappa shape index (κ1) is 9.88. The van der Waals surface area contributed by atoms with E-state index in [0.717, 1.165) is 6.08 Å². The first-order chi connectivity index (χ1) is 5.26. The van der Waals surface area contributed by atoms with Crippen molar-refractivity contribution < 1.29 is 14.3 Å². The summed E-state index contributed by atoms with van der Waals surface area (Å²) in [7, 11) is 3.14. The Balaban J connectivity index is 4.08. The topological polar surface area (TPSA) is 55.4 Å². The first-order valence-corrected chi connectivity index (χ1v) is 3.15. The number of ether oxygens (including phenoxy) is 1. The van der Waals surface area contributed by atoms with Crippen LogP contribution in [0.5, 0.6) is 0 Å². The van der Waals surface area contributed by atoms with Crippen molar-refractivity contribution in [3.63, 3.8) is 0 Å². The second-order valence-corrected chi connectivity index (χ2v) is 1.70. The third-order valence-corrected chi connectivity index (χ3v) is 0.998. The number of amides is 1. The summed E-state index contributed by atoms with van der Waals surface area (Å²) >= 11 is 0. The number of carbonyl (C=O) groups excluding carboxylic acids is 2. The molecule has 0 aromatic carbocycles. The standard InChI is InChI=1S/C7H10NO3/c1-3-11-6(4-5-9)7(10)8-2/h4,6H,2-3H2,1H3,(H,8,10). The molecule has 1 N–H and O–H groups in total. The van der Waals surface area contributed by atoms with Gasteiger partial charge in [0, 0.05) is 19.7 Å². The molecular weight excluding hydrogens is 146 g/mol. The molecule has 0 aliphatic rings. The zero-order chi connectivity index (χ0) is 8.69. The van der Waals surface area contributed by atoms with E-state index in [1.165, 1.54) is 5.94 Å². The van der Waals surface area contributed by atoms with Gasteiger partial charge in [-0.2, -0.15) is 0 Å². The van der Waals surface area contributed by atoms with E-state index >= 15 is 0 Å². The zero-order valence-electron chi connectivity index (χ0n) is 6.29. The van der Waals surface area contributed by atoms with Crippen molar-refractivity contribution >= 4 is 11.8 Å². The summed E-state index contributed by atoms with van der Waals surface area (Å²) in [5.41, 5.74) is 0. The predicted octanol–water partition coefficient (Wildman–Crippen LogP) is -0.313. The molecule has 0 rings (SSSR count). The fourth-order valence-corrected chi connectivity index (χ4v) is 0.541. The van der Waals surface area contributed by atoms with E-state index < -0.39 is 12.0 Å². The molecule has 61 valence electrons. The highest BCUT2D eigenvalue weighted by atomic mass is 16.5. The second kappa shape index (κ2) is 5.65. The molecule has 1 amide bonds. The van der Waals surface area contributed by atoms with Gasteiger partial charge in [0.1, 0.15) is 5.94 Å². The van der Waals surface area contributed by atoms with E-state index in [9.17, 15) is 9.59 Å². The molecule has 0 saturated heterocycles. The van der Waals surface area contributed by atoms with Crippen molar-refractivity contribution in [2.75, 3.05) is 6.61 Å². The van der Waals surface area contributed by atoms with Crippen LogP contribution in [-0.2, 0) is 14.3 Å². The molecule has 0 saturated carbocycles. The smallest absolute Gasteiger partial charge is 0.253 e. The lowest BCUT2D eigenvalue weighted by Gasteiger charge is -2.08. The van der Waals surface area contributed by atoms with Gasteiger partial charge in [-0.3, -0.25) is 4.79 Å². The van der Waals surface area contributed by atoms with E-state index in [2.05, 4.69) is 12.4 Å². The van der Waals surface area contributed by atoms with E-state index in [-0.39, 0.29) is 0 Å². The van der Waals surface area contributed by atoms with Crippen LogP contribution in [0.3, 0.4) is 0 Å². The molecule has 0 fully saturated rings. The molecule has 0 aromatic rings. The predicted molar refractivity (Wildman–Crippen MR) is 39.2 cm³/mol. The summed E-state index contributed by atoms with van der Waals surface area (Å²) in [5, 5.41) is 2.11. The maximum Gasteiger partial charge on any atom is 0.253 e. The van der Waals surface area contributed by atoms with E-state index in [0.29, 0.717) is 6.61 Å².